The van der Waals surface area contributed by atoms with Gasteiger partial charge < -0.3 is 11.1 Å². The molecular weight excluding hydrogens is 258 g/mol. The van der Waals surface area contributed by atoms with Crippen molar-refractivity contribution in [1.82, 2.24) is 0 Å². The van der Waals surface area contributed by atoms with Gasteiger partial charge in [-0.25, -0.2) is 0 Å². The van der Waals surface area contributed by atoms with Gasteiger partial charge in [0.1, 0.15) is 0 Å². The van der Waals surface area contributed by atoms with Crippen LogP contribution in [0.3, 0.4) is 0 Å². The maximum atomic E-state index is 12.1. The third-order valence-electron chi connectivity index (χ3n) is 4.08. The van der Waals surface area contributed by atoms with Gasteiger partial charge >= 0.3 is 0 Å². The van der Waals surface area contributed by atoms with E-state index >= 15 is 0 Å². The lowest BCUT2D eigenvalue weighted by Gasteiger charge is -2.40. The first-order chi connectivity index (χ1) is 9.46. The van der Waals surface area contributed by atoms with E-state index in [1.54, 1.807) is 13.0 Å². The van der Waals surface area contributed by atoms with Gasteiger partial charge in [0, 0.05) is 24.2 Å². The quantitative estimate of drug-likeness (QED) is 0.637. The third kappa shape index (κ3) is 2.96. The van der Waals surface area contributed by atoms with Gasteiger partial charge in [0.15, 0.2) is 0 Å². The van der Waals surface area contributed by atoms with E-state index in [2.05, 4.69) is 5.32 Å². The van der Waals surface area contributed by atoms with E-state index in [9.17, 15) is 14.9 Å². The zero-order chi connectivity index (χ0) is 14.8. The van der Waals surface area contributed by atoms with E-state index in [0.717, 1.165) is 19.3 Å². The highest BCUT2D eigenvalue weighted by Crippen LogP contribution is 2.43. The van der Waals surface area contributed by atoms with Crippen molar-refractivity contribution >= 4 is 17.3 Å². The summed E-state index contributed by atoms with van der Waals surface area (Å²) in [6.45, 7) is 2.27. The number of rotatable bonds is 5. The molecule has 3 N–H and O–H groups in total. The third-order valence-corrected chi connectivity index (χ3v) is 4.08. The van der Waals surface area contributed by atoms with Crippen molar-refractivity contribution in [3.63, 3.8) is 0 Å². The smallest absolute Gasteiger partial charge is 0.269 e. The van der Waals surface area contributed by atoms with Crippen molar-refractivity contribution in [1.29, 1.82) is 0 Å². The van der Waals surface area contributed by atoms with Gasteiger partial charge in [0.25, 0.3) is 5.69 Å². The van der Waals surface area contributed by atoms with Crippen LogP contribution in [0.25, 0.3) is 0 Å². The van der Waals surface area contributed by atoms with Crippen molar-refractivity contribution in [3.05, 3.63) is 33.9 Å². The van der Waals surface area contributed by atoms with Crippen molar-refractivity contribution in [2.75, 3.05) is 11.9 Å². The Morgan fingerprint density at radius 1 is 1.50 bits per heavy atom. The molecule has 0 unspecified atom stereocenters. The van der Waals surface area contributed by atoms with E-state index in [1.165, 1.54) is 12.1 Å². The second-order valence-electron chi connectivity index (χ2n) is 5.54. The van der Waals surface area contributed by atoms with Crippen LogP contribution in [0, 0.1) is 22.5 Å². The van der Waals surface area contributed by atoms with Crippen LogP contribution in [-0.4, -0.2) is 17.4 Å². The van der Waals surface area contributed by atoms with Crippen molar-refractivity contribution in [2.24, 2.45) is 11.1 Å². The van der Waals surface area contributed by atoms with E-state index in [0.29, 0.717) is 24.2 Å². The highest BCUT2D eigenvalue weighted by Gasteiger charge is 2.37. The fourth-order valence-electron chi connectivity index (χ4n) is 2.57. The van der Waals surface area contributed by atoms with Crippen LogP contribution < -0.4 is 11.1 Å². The lowest BCUT2D eigenvalue weighted by atomic mass is 9.66. The predicted octanol–water partition coefficient (Wildman–Crippen LogP) is 2.36. The first-order valence-corrected chi connectivity index (χ1v) is 6.71. The minimum absolute atomic E-state index is 0.0259. The minimum atomic E-state index is -0.448. The van der Waals surface area contributed by atoms with Gasteiger partial charge in [0.2, 0.25) is 5.91 Å². The summed E-state index contributed by atoms with van der Waals surface area (Å²) in [4.78, 5) is 22.3. The van der Waals surface area contributed by atoms with Gasteiger partial charge in [-0.1, -0.05) is 6.42 Å². The first-order valence-electron chi connectivity index (χ1n) is 6.71. The molecule has 6 heteroatoms. The Bertz CT molecular complexity index is 533. The lowest BCUT2D eigenvalue weighted by Crippen LogP contribution is -2.40. The van der Waals surface area contributed by atoms with Crippen LogP contribution in [0.4, 0.5) is 11.4 Å². The summed E-state index contributed by atoms with van der Waals surface area (Å²) in [7, 11) is 0. The Morgan fingerprint density at radius 3 is 2.65 bits per heavy atom. The zero-order valence-corrected chi connectivity index (χ0v) is 11.5. The summed E-state index contributed by atoms with van der Waals surface area (Å²) >= 11 is 0. The second-order valence-corrected chi connectivity index (χ2v) is 5.54. The molecule has 1 aromatic carbocycles. The number of nitro benzene ring substituents is 1. The standard InChI is InChI=1S/C14H19N3O3/c1-10-7-11(17(19)20)3-4-12(10)16-13(18)8-14(9-15)5-2-6-14/h3-4,7H,2,5-6,8-9,15H2,1H3,(H,16,18). The molecule has 1 aromatic rings. The van der Waals surface area contributed by atoms with E-state index in [4.69, 9.17) is 5.73 Å². The fraction of sp³-hybridized carbons (Fsp3) is 0.500. The molecule has 1 aliphatic rings. The molecule has 20 heavy (non-hydrogen) atoms. The number of nitrogens with two attached hydrogens (primary N) is 1. The molecule has 0 atom stereocenters. The van der Waals surface area contributed by atoms with Crippen LogP contribution in [0.1, 0.15) is 31.2 Å². The highest BCUT2D eigenvalue weighted by molar-refractivity contribution is 5.92. The monoisotopic (exact) mass is 277 g/mol. The SMILES string of the molecule is Cc1cc([N+](=O)[O-])ccc1NC(=O)CC1(CN)CCC1. The zero-order valence-electron chi connectivity index (χ0n) is 11.5. The topological polar surface area (TPSA) is 98.3 Å². The Kier molecular flexibility index (Phi) is 4.04. The van der Waals surface area contributed by atoms with Gasteiger partial charge in [-0.2, -0.15) is 0 Å². The molecule has 0 saturated heterocycles. The Labute approximate surface area is 117 Å². The molecule has 1 aliphatic carbocycles. The molecule has 6 nitrogen and oxygen atoms in total. The second kappa shape index (κ2) is 5.58. The average molecular weight is 277 g/mol. The number of anilines is 1. The van der Waals surface area contributed by atoms with Gasteiger partial charge in [-0.05, 0) is 43.4 Å². The molecular formula is C14H19N3O3. The highest BCUT2D eigenvalue weighted by atomic mass is 16.6. The summed E-state index contributed by atoms with van der Waals surface area (Å²) in [6.07, 6.45) is 3.54. The molecule has 0 aliphatic heterocycles. The molecule has 1 saturated carbocycles. The van der Waals surface area contributed by atoms with Crippen LogP contribution >= 0.6 is 0 Å². The minimum Gasteiger partial charge on any atom is -0.330 e. The molecule has 0 bridgehead atoms. The molecule has 0 heterocycles. The lowest BCUT2D eigenvalue weighted by molar-refractivity contribution is -0.384. The molecule has 108 valence electrons. The normalized spacial score (nSPS) is 16.3. The summed E-state index contributed by atoms with van der Waals surface area (Å²) in [5.41, 5.74) is 7.02. The Morgan fingerprint density at radius 2 is 2.20 bits per heavy atom. The van der Waals surface area contributed by atoms with Gasteiger partial charge in [-0.15, -0.1) is 0 Å². The Balaban J connectivity index is 2.02. The predicted molar refractivity (Wildman–Crippen MR) is 76.4 cm³/mol. The summed E-state index contributed by atoms with van der Waals surface area (Å²) in [5.74, 6) is -0.0768. The molecule has 0 spiro atoms. The number of amides is 1. The van der Waals surface area contributed by atoms with Crippen molar-refractivity contribution < 1.29 is 9.72 Å². The summed E-state index contributed by atoms with van der Waals surface area (Å²) in [6, 6.07) is 4.42. The van der Waals surface area contributed by atoms with Crippen LogP contribution in [0.5, 0.6) is 0 Å². The number of hydrogen-bond acceptors (Lipinski definition) is 4. The Hall–Kier alpha value is -1.95. The molecule has 0 radical (unpaired) electrons. The van der Waals surface area contributed by atoms with Gasteiger partial charge in [-0.3, -0.25) is 14.9 Å². The van der Waals surface area contributed by atoms with Crippen molar-refractivity contribution in [3.8, 4) is 0 Å². The number of nitrogens with zero attached hydrogens (tertiary/aromatic N) is 1. The number of non-ortho nitro benzene ring substituents is 1. The maximum absolute atomic E-state index is 12.1. The van der Waals surface area contributed by atoms with Crippen LogP contribution in [0.15, 0.2) is 18.2 Å². The summed E-state index contributed by atoms with van der Waals surface area (Å²) < 4.78 is 0. The number of hydrogen-bond donors (Lipinski definition) is 2. The maximum Gasteiger partial charge on any atom is 0.269 e. The largest absolute Gasteiger partial charge is 0.330 e. The molecule has 1 fully saturated rings. The number of carbonyl (C=O) groups excluding carboxylic acids is 1. The van der Waals surface area contributed by atoms with E-state index in [-0.39, 0.29) is 17.0 Å². The number of nitrogens with one attached hydrogen (secondary N) is 1. The number of nitro groups is 1. The number of aryl methyl sites for hydroxylation is 1. The van der Waals surface area contributed by atoms with Crippen molar-refractivity contribution in [2.45, 2.75) is 32.6 Å². The number of benzene rings is 1. The average Bonchev–Trinajstić information content (AvgIpc) is 2.36. The molecule has 1 amide bonds. The van der Waals surface area contributed by atoms with E-state index < -0.39 is 4.92 Å². The van der Waals surface area contributed by atoms with Crippen LogP contribution in [-0.2, 0) is 4.79 Å². The number of carbonyl (C=O) groups is 1. The molecule has 2 rings (SSSR count). The van der Waals surface area contributed by atoms with Crippen LogP contribution in [0.2, 0.25) is 0 Å². The first kappa shape index (κ1) is 14.5. The summed E-state index contributed by atoms with van der Waals surface area (Å²) in [5, 5.41) is 13.5. The fourth-order valence-corrected chi connectivity index (χ4v) is 2.57. The molecule has 0 aromatic heterocycles. The van der Waals surface area contributed by atoms with E-state index in [1.807, 2.05) is 0 Å². The van der Waals surface area contributed by atoms with Gasteiger partial charge in [0.05, 0.1) is 4.92 Å².